The summed E-state index contributed by atoms with van der Waals surface area (Å²) in [6, 6.07) is 0. The molecule has 0 unspecified atom stereocenters. The number of aromatic nitrogens is 5. The van der Waals surface area contributed by atoms with E-state index in [1.54, 1.807) is 0 Å². The first-order valence-corrected chi connectivity index (χ1v) is 6.80. The Bertz CT molecular complexity index is 546. The molecule has 3 rings (SSSR count). The highest BCUT2D eigenvalue weighted by Gasteiger charge is 2.28. The van der Waals surface area contributed by atoms with E-state index in [1.807, 2.05) is 11.6 Å². The molecule has 18 heavy (non-hydrogen) atoms. The molecule has 8 heteroatoms. The maximum Gasteiger partial charge on any atom is 0.237 e. The first-order chi connectivity index (χ1) is 8.78. The van der Waals surface area contributed by atoms with Crippen LogP contribution in [-0.2, 0) is 19.3 Å². The number of rotatable bonds is 5. The van der Waals surface area contributed by atoms with Gasteiger partial charge in [-0.05, 0) is 12.8 Å². The Balaban J connectivity index is 1.63. The van der Waals surface area contributed by atoms with Gasteiger partial charge in [0.25, 0.3) is 0 Å². The monoisotopic (exact) mass is 266 g/mol. The summed E-state index contributed by atoms with van der Waals surface area (Å²) in [6.07, 6.45) is 2.35. The Morgan fingerprint density at radius 1 is 1.44 bits per heavy atom. The van der Waals surface area contributed by atoms with Crippen LogP contribution in [0, 0.1) is 0 Å². The van der Waals surface area contributed by atoms with Gasteiger partial charge in [-0.3, -0.25) is 0 Å². The predicted octanol–water partition coefficient (Wildman–Crippen LogP) is 0.826. The van der Waals surface area contributed by atoms with Crippen LogP contribution in [0.25, 0.3) is 0 Å². The van der Waals surface area contributed by atoms with Crippen molar-refractivity contribution in [1.29, 1.82) is 0 Å². The first-order valence-electron chi connectivity index (χ1n) is 5.81. The average molecular weight is 266 g/mol. The van der Waals surface area contributed by atoms with Crippen molar-refractivity contribution in [1.82, 2.24) is 24.9 Å². The molecule has 2 aromatic rings. The molecule has 2 aromatic heterocycles. The summed E-state index contributed by atoms with van der Waals surface area (Å²) in [6.45, 7) is 0.385. The highest BCUT2D eigenvalue weighted by Crippen LogP contribution is 2.38. The molecular formula is C10H14N6OS. The van der Waals surface area contributed by atoms with Gasteiger partial charge in [0, 0.05) is 13.0 Å². The number of thioether (sulfide) groups is 1. The average Bonchev–Trinajstić information content (AvgIpc) is 3.02. The first kappa shape index (κ1) is 11.7. The molecule has 1 saturated carbocycles. The van der Waals surface area contributed by atoms with Crippen LogP contribution in [0.5, 0.6) is 0 Å². The van der Waals surface area contributed by atoms with E-state index in [9.17, 15) is 0 Å². The third kappa shape index (κ3) is 2.25. The molecule has 0 spiro atoms. The summed E-state index contributed by atoms with van der Waals surface area (Å²) in [4.78, 5) is 4.36. The molecule has 0 saturated heterocycles. The zero-order chi connectivity index (χ0) is 12.5. The van der Waals surface area contributed by atoms with Crippen LogP contribution in [0.1, 0.15) is 36.3 Å². The lowest BCUT2D eigenvalue weighted by Gasteiger charge is -1.99. The van der Waals surface area contributed by atoms with Crippen molar-refractivity contribution >= 4 is 11.8 Å². The summed E-state index contributed by atoms with van der Waals surface area (Å²) in [5.41, 5.74) is 5.54. The van der Waals surface area contributed by atoms with E-state index >= 15 is 0 Å². The van der Waals surface area contributed by atoms with Crippen molar-refractivity contribution in [3.63, 3.8) is 0 Å². The maximum absolute atomic E-state index is 5.54. The van der Waals surface area contributed by atoms with Crippen molar-refractivity contribution in [3.05, 3.63) is 17.5 Å². The Morgan fingerprint density at radius 2 is 2.28 bits per heavy atom. The summed E-state index contributed by atoms with van der Waals surface area (Å²) >= 11 is 1.52. The second-order valence-corrected chi connectivity index (χ2v) is 5.21. The SMILES string of the molecule is Cn1c(CN)nnc1SCc1nc(C2CC2)no1. The standard InChI is InChI=1S/C10H14N6OS/c1-16-7(4-11)13-14-10(16)18-5-8-12-9(15-17-8)6-2-3-6/h6H,2-5,11H2,1H3. The largest absolute Gasteiger partial charge is 0.338 e. The fraction of sp³-hybridized carbons (Fsp3) is 0.600. The normalized spacial score (nSPS) is 15.2. The minimum absolute atomic E-state index is 0.385. The molecule has 2 heterocycles. The Kier molecular flexibility index (Phi) is 3.04. The van der Waals surface area contributed by atoms with Crippen molar-refractivity contribution < 1.29 is 4.52 Å². The van der Waals surface area contributed by atoms with E-state index < -0.39 is 0 Å². The molecule has 1 fully saturated rings. The molecule has 7 nitrogen and oxygen atoms in total. The number of hydrogen-bond acceptors (Lipinski definition) is 7. The van der Waals surface area contributed by atoms with Crippen molar-refractivity contribution in [2.45, 2.75) is 36.2 Å². The van der Waals surface area contributed by atoms with Crippen LogP contribution in [0.3, 0.4) is 0 Å². The molecule has 1 aliphatic rings. The Morgan fingerprint density at radius 3 is 2.94 bits per heavy atom. The lowest BCUT2D eigenvalue weighted by Crippen LogP contribution is -2.05. The van der Waals surface area contributed by atoms with E-state index in [-0.39, 0.29) is 0 Å². The van der Waals surface area contributed by atoms with E-state index in [0.29, 0.717) is 24.1 Å². The van der Waals surface area contributed by atoms with Crippen LogP contribution >= 0.6 is 11.8 Å². The Labute approximate surface area is 108 Å². The van der Waals surface area contributed by atoms with Crippen LogP contribution in [-0.4, -0.2) is 24.9 Å². The molecule has 2 N–H and O–H groups in total. The van der Waals surface area contributed by atoms with Gasteiger partial charge in [0.2, 0.25) is 5.89 Å². The minimum Gasteiger partial charge on any atom is -0.338 e. The summed E-state index contributed by atoms with van der Waals surface area (Å²) in [5, 5.41) is 12.8. The van der Waals surface area contributed by atoms with Gasteiger partial charge in [-0.1, -0.05) is 16.9 Å². The highest BCUT2D eigenvalue weighted by molar-refractivity contribution is 7.98. The second kappa shape index (κ2) is 4.69. The van der Waals surface area contributed by atoms with Crippen molar-refractivity contribution in [2.75, 3.05) is 0 Å². The van der Waals surface area contributed by atoms with Crippen molar-refractivity contribution in [3.8, 4) is 0 Å². The van der Waals surface area contributed by atoms with Crippen molar-refractivity contribution in [2.24, 2.45) is 12.8 Å². The molecule has 0 bridgehead atoms. The number of hydrogen-bond donors (Lipinski definition) is 1. The van der Waals surface area contributed by atoms with Gasteiger partial charge < -0.3 is 14.8 Å². The third-order valence-electron chi connectivity index (χ3n) is 2.86. The van der Waals surface area contributed by atoms with E-state index in [1.165, 1.54) is 24.6 Å². The van der Waals surface area contributed by atoms with Crippen LogP contribution in [0.2, 0.25) is 0 Å². The van der Waals surface area contributed by atoms with Crippen LogP contribution < -0.4 is 5.73 Å². The smallest absolute Gasteiger partial charge is 0.237 e. The summed E-state index contributed by atoms with van der Waals surface area (Å²) in [7, 11) is 1.90. The number of nitrogens with zero attached hydrogens (tertiary/aromatic N) is 5. The molecular weight excluding hydrogens is 252 g/mol. The zero-order valence-corrected chi connectivity index (χ0v) is 10.9. The van der Waals surface area contributed by atoms with E-state index in [4.69, 9.17) is 10.3 Å². The Hall–Kier alpha value is -1.41. The maximum atomic E-state index is 5.54. The summed E-state index contributed by atoms with van der Waals surface area (Å²) in [5.74, 6) is 3.37. The second-order valence-electron chi connectivity index (χ2n) is 4.27. The van der Waals surface area contributed by atoms with E-state index in [2.05, 4.69) is 20.3 Å². The quantitative estimate of drug-likeness (QED) is 0.800. The molecule has 0 atom stereocenters. The molecule has 0 aliphatic heterocycles. The van der Waals surface area contributed by atoms with Gasteiger partial charge in [-0.2, -0.15) is 4.98 Å². The number of nitrogens with two attached hydrogens (primary N) is 1. The van der Waals surface area contributed by atoms with Gasteiger partial charge in [-0.15, -0.1) is 10.2 Å². The molecule has 0 radical (unpaired) electrons. The van der Waals surface area contributed by atoms with Gasteiger partial charge >= 0.3 is 0 Å². The predicted molar refractivity (Wildman–Crippen MR) is 64.7 cm³/mol. The van der Waals surface area contributed by atoms with Crippen LogP contribution in [0.15, 0.2) is 9.68 Å². The third-order valence-corrected chi connectivity index (χ3v) is 3.86. The minimum atomic E-state index is 0.385. The van der Waals surface area contributed by atoms with E-state index in [0.717, 1.165) is 16.8 Å². The fourth-order valence-electron chi connectivity index (χ4n) is 1.61. The van der Waals surface area contributed by atoms with Gasteiger partial charge in [0.05, 0.1) is 12.3 Å². The topological polar surface area (TPSA) is 95.7 Å². The lowest BCUT2D eigenvalue weighted by molar-refractivity contribution is 0.385. The van der Waals surface area contributed by atoms with Gasteiger partial charge in [-0.25, -0.2) is 0 Å². The van der Waals surface area contributed by atoms with Gasteiger partial charge in [0.15, 0.2) is 11.0 Å². The lowest BCUT2D eigenvalue weighted by atomic mass is 10.4. The molecule has 96 valence electrons. The zero-order valence-electron chi connectivity index (χ0n) is 10.0. The molecule has 0 aromatic carbocycles. The summed E-state index contributed by atoms with van der Waals surface area (Å²) < 4.78 is 7.07. The van der Waals surface area contributed by atoms with Crippen LogP contribution in [0.4, 0.5) is 0 Å². The highest BCUT2D eigenvalue weighted by atomic mass is 32.2. The van der Waals surface area contributed by atoms with Gasteiger partial charge in [0.1, 0.15) is 5.82 Å². The molecule has 1 aliphatic carbocycles. The molecule has 0 amide bonds. The fourth-order valence-corrected chi connectivity index (χ4v) is 2.38.